The molecule has 1 aromatic carbocycles. The Kier molecular flexibility index (Phi) is 5.73. The largest absolute Gasteiger partial charge is 0.378 e. The fourth-order valence-electron chi connectivity index (χ4n) is 3.62. The Morgan fingerprint density at radius 3 is 2.88 bits per heavy atom. The van der Waals surface area contributed by atoms with Crippen molar-refractivity contribution < 1.29 is 9.53 Å². The molecule has 0 atom stereocenters. The summed E-state index contributed by atoms with van der Waals surface area (Å²) in [6.45, 7) is 2.60. The van der Waals surface area contributed by atoms with E-state index in [1.807, 2.05) is 30.5 Å². The Hall–Kier alpha value is -3.08. The molecule has 3 aliphatic rings. The normalized spacial score (nSPS) is 18.1. The van der Waals surface area contributed by atoms with Gasteiger partial charge in [0, 0.05) is 42.3 Å². The number of aromatic nitrogens is 2. The van der Waals surface area contributed by atoms with Gasteiger partial charge in [-0.1, -0.05) is 0 Å². The Morgan fingerprint density at radius 2 is 2.16 bits per heavy atom. The lowest BCUT2D eigenvalue weighted by Crippen LogP contribution is -2.42. The van der Waals surface area contributed by atoms with E-state index in [-0.39, 0.29) is 5.91 Å². The fourth-order valence-corrected chi connectivity index (χ4v) is 4.48. The molecule has 1 radical (unpaired) electrons. The van der Waals surface area contributed by atoms with Crippen LogP contribution in [0.2, 0.25) is 0 Å². The van der Waals surface area contributed by atoms with Crippen LogP contribution in [0.3, 0.4) is 0 Å². The van der Waals surface area contributed by atoms with Crippen LogP contribution < -0.4 is 15.5 Å². The van der Waals surface area contributed by atoms with Crippen molar-refractivity contribution in [2.24, 2.45) is 4.99 Å². The molecule has 10 heteroatoms. The van der Waals surface area contributed by atoms with Crippen LogP contribution in [0.1, 0.15) is 31.4 Å². The van der Waals surface area contributed by atoms with E-state index in [1.54, 1.807) is 19.1 Å². The first-order valence-corrected chi connectivity index (χ1v) is 11.3. The molecule has 1 aromatic heterocycles. The van der Waals surface area contributed by atoms with E-state index in [9.17, 15) is 4.79 Å². The van der Waals surface area contributed by atoms with E-state index in [4.69, 9.17) is 9.73 Å². The number of ether oxygens (including phenoxy) is 1. The highest BCUT2D eigenvalue weighted by Crippen LogP contribution is 2.39. The van der Waals surface area contributed by atoms with Crippen LogP contribution in [-0.2, 0) is 9.53 Å². The highest BCUT2D eigenvalue weighted by molar-refractivity contribution is 7.97. The second-order valence-electron chi connectivity index (χ2n) is 7.95. The summed E-state index contributed by atoms with van der Waals surface area (Å²) in [7, 11) is 1.67. The molecule has 0 spiro atoms. The van der Waals surface area contributed by atoms with Crippen LogP contribution in [0.15, 0.2) is 64.1 Å². The van der Waals surface area contributed by atoms with Gasteiger partial charge < -0.3 is 10.1 Å². The number of hydrogen-bond acceptors (Lipinski definition) is 8. The number of methoxy groups -OCH3 is 1. The number of rotatable bonds is 8. The first-order valence-electron chi connectivity index (χ1n) is 10.5. The standard InChI is InChI=1S/C22H25N7O2S/c1-14(30)23-16-5-7-18(8-6-16)32-28-11-21-24-17(13-31-2)10-29(21)22(12-28)25-20-9-19(26-27-20)15-3-4-15/h5-10,12,15H,3-4,11,13H2,1-2H3,(H,23,30)(H2,25,26,27)/q+1. The second-order valence-corrected chi connectivity index (χ2v) is 9.07. The third-order valence-electron chi connectivity index (χ3n) is 5.21. The van der Waals surface area contributed by atoms with Crippen LogP contribution in [0.5, 0.6) is 0 Å². The van der Waals surface area contributed by atoms with Crippen LogP contribution >= 0.6 is 11.9 Å². The number of hydrogen-bond donors (Lipinski definition) is 3. The van der Waals surface area contributed by atoms with Crippen LogP contribution in [0, 0.1) is 0 Å². The first kappa shape index (κ1) is 20.8. The van der Waals surface area contributed by atoms with Gasteiger partial charge in [0.1, 0.15) is 12.2 Å². The van der Waals surface area contributed by atoms with Gasteiger partial charge in [-0.15, -0.1) is 0 Å². The summed E-state index contributed by atoms with van der Waals surface area (Å²) in [4.78, 5) is 19.1. The number of aliphatic imine (C=N–C) groups is 1. The van der Waals surface area contributed by atoms with Crippen molar-refractivity contribution in [3.63, 3.8) is 0 Å². The molecule has 1 aliphatic carbocycles. The number of anilines is 2. The number of H-pyrrole nitrogens is 1. The molecule has 2 aliphatic heterocycles. The van der Waals surface area contributed by atoms with Crippen LogP contribution in [0.25, 0.3) is 0 Å². The van der Waals surface area contributed by atoms with E-state index < -0.39 is 0 Å². The van der Waals surface area contributed by atoms with E-state index in [1.165, 1.54) is 25.5 Å². The van der Waals surface area contributed by atoms with Gasteiger partial charge in [0.2, 0.25) is 5.91 Å². The lowest BCUT2D eigenvalue weighted by atomic mass is 10.3. The van der Waals surface area contributed by atoms with Gasteiger partial charge in [0.05, 0.1) is 12.8 Å². The molecule has 32 heavy (non-hydrogen) atoms. The molecular weight excluding hydrogens is 426 g/mol. The smallest absolute Gasteiger partial charge is 0.285 e. The molecule has 5 rings (SSSR count). The number of nitrogens with zero attached hydrogens (tertiary/aromatic N) is 4. The number of nitrogens with one attached hydrogen (secondary N) is 3. The predicted molar refractivity (Wildman–Crippen MR) is 125 cm³/mol. The third kappa shape index (κ3) is 4.72. The SMILES string of the molecule is COCC1=C[N+]2C(Nc3cc(C4CC4)[nH]n3)=CN(Sc3ccc(NC(C)=O)cc3)CC2=N1. The lowest BCUT2D eigenvalue weighted by molar-refractivity contribution is -0.114. The molecule has 9 nitrogen and oxygen atoms in total. The van der Waals surface area contributed by atoms with Gasteiger partial charge in [-0.25, -0.2) is 0 Å². The quantitative estimate of drug-likeness (QED) is 0.419. The molecule has 0 unspecified atom stereocenters. The minimum atomic E-state index is -0.0815. The molecule has 0 saturated heterocycles. The van der Waals surface area contributed by atoms with Gasteiger partial charge in [0.25, 0.3) is 11.7 Å². The third-order valence-corrected chi connectivity index (χ3v) is 6.16. The average molecular weight is 452 g/mol. The van der Waals surface area contributed by atoms with E-state index in [0.717, 1.165) is 33.8 Å². The minimum absolute atomic E-state index is 0.0815. The van der Waals surface area contributed by atoms with Gasteiger partial charge >= 0.3 is 0 Å². The summed E-state index contributed by atoms with van der Waals surface area (Å²) in [5.74, 6) is 3.11. The maximum absolute atomic E-state index is 11.2. The zero-order chi connectivity index (χ0) is 22.1. The molecule has 3 heterocycles. The van der Waals surface area contributed by atoms with Crippen molar-refractivity contribution in [3.05, 3.63) is 59.9 Å². The number of amides is 1. The number of aromatic amines is 1. The van der Waals surface area contributed by atoms with Gasteiger partial charge in [0.15, 0.2) is 12.0 Å². The zero-order valence-electron chi connectivity index (χ0n) is 18.0. The minimum Gasteiger partial charge on any atom is -0.378 e. The highest BCUT2D eigenvalue weighted by Gasteiger charge is 2.40. The van der Waals surface area contributed by atoms with Crippen molar-refractivity contribution in [2.75, 3.05) is 30.9 Å². The monoisotopic (exact) mass is 451 g/mol. The Balaban J connectivity index is 1.35. The lowest BCUT2D eigenvalue weighted by Gasteiger charge is -2.24. The predicted octanol–water partition coefficient (Wildman–Crippen LogP) is 3.52. The van der Waals surface area contributed by atoms with Gasteiger partial charge in [-0.3, -0.25) is 19.5 Å². The summed E-state index contributed by atoms with van der Waals surface area (Å²) in [5.41, 5.74) is 2.84. The number of carbonyl (C=O) groups is 1. The van der Waals surface area contributed by atoms with Crippen molar-refractivity contribution in [1.82, 2.24) is 19.4 Å². The summed E-state index contributed by atoms with van der Waals surface area (Å²) in [6.07, 6.45) is 6.50. The summed E-state index contributed by atoms with van der Waals surface area (Å²) in [5, 5.41) is 13.8. The molecule has 1 amide bonds. The average Bonchev–Trinajstić information content (AvgIpc) is 3.36. The van der Waals surface area contributed by atoms with Crippen molar-refractivity contribution in [2.45, 2.75) is 30.6 Å². The summed E-state index contributed by atoms with van der Waals surface area (Å²) in [6, 6.07) is 9.86. The Labute approximate surface area is 190 Å². The van der Waals surface area contributed by atoms with Crippen molar-refractivity contribution >= 4 is 35.2 Å². The van der Waals surface area contributed by atoms with E-state index in [2.05, 4.69) is 42.3 Å². The second kappa shape index (κ2) is 8.81. The molecule has 2 aromatic rings. The van der Waals surface area contributed by atoms with Crippen molar-refractivity contribution in [1.29, 1.82) is 0 Å². The number of fused-ring (bicyclic) bond motifs is 1. The number of amidine groups is 1. The summed E-state index contributed by atoms with van der Waals surface area (Å²) >= 11 is 1.60. The van der Waals surface area contributed by atoms with Crippen LogP contribution in [-0.4, -0.2) is 46.5 Å². The molecule has 165 valence electrons. The maximum Gasteiger partial charge on any atom is 0.285 e. The topological polar surface area (TPSA) is 101 Å². The number of benzene rings is 1. The summed E-state index contributed by atoms with van der Waals surface area (Å²) < 4.78 is 7.40. The molecule has 1 saturated carbocycles. The van der Waals surface area contributed by atoms with E-state index in [0.29, 0.717) is 19.1 Å². The molecule has 1 fully saturated rings. The fraction of sp³-hybridized carbons (Fsp3) is 0.318. The highest BCUT2D eigenvalue weighted by atomic mass is 32.2. The van der Waals surface area contributed by atoms with Crippen LogP contribution in [0.4, 0.5) is 11.5 Å². The first-order chi connectivity index (χ1) is 15.6. The maximum atomic E-state index is 11.2. The molecular formula is C22H25N7O2S+. The van der Waals surface area contributed by atoms with Gasteiger partial charge in [-0.2, -0.15) is 10.1 Å². The Morgan fingerprint density at radius 1 is 1.34 bits per heavy atom. The van der Waals surface area contributed by atoms with E-state index >= 15 is 0 Å². The van der Waals surface area contributed by atoms with Crippen molar-refractivity contribution in [3.8, 4) is 0 Å². The number of carbonyl (C=O) groups excluding carboxylic acids is 1. The van der Waals surface area contributed by atoms with Gasteiger partial charge in [-0.05, 0) is 54.0 Å². The molecule has 3 N–H and O–H groups in total. The zero-order valence-corrected chi connectivity index (χ0v) is 18.8. The molecule has 0 bridgehead atoms. The Bertz CT molecular complexity index is 1100.